The third kappa shape index (κ3) is 3.27. The fourth-order valence-electron chi connectivity index (χ4n) is 4.02. The Morgan fingerprint density at radius 3 is 2.74 bits per heavy atom. The normalized spacial score (nSPS) is 17.4. The molecule has 1 fully saturated rings. The van der Waals surface area contributed by atoms with Crippen LogP contribution in [0, 0.1) is 0 Å². The van der Waals surface area contributed by atoms with Crippen molar-refractivity contribution in [3.05, 3.63) is 64.7 Å². The van der Waals surface area contributed by atoms with Crippen molar-refractivity contribution in [3.63, 3.8) is 0 Å². The van der Waals surface area contributed by atoms with Gasteiger partial charge in [0.1, 0.15) is 6.54 Å². The van der Waals surface area contributed by atoms with E-state index in [1.807, 2.05) is 36.1 Å². The molecule has 4 rings (SSSR count). The Hall–Kier alpha value is -2.89. The highest BCUT2D eigenvalue weighted by Crippen LogP contribution is 2.26. The van der Waals surface area contributed by atoms with Crippen LogP contribution in [0.25, 0.3) is 11.2 Å². The van der Waals surface area contributed by atoms with Crippen molar-refractivity contribution in [3.8, 4) is 0 Å². The average molecular weight is 364 g/mol. The van der Waals surface area contributed by atoms with Gasteiger partial charge in [-0.15, -0.1) is 0 Å². The lowest BCUT2D eigenvalue weighted by Gasteiger charge is -2.33. The van der Waals surface area contributed by atoms with Crippen LogP contribution in [0.15, 0.2) is 53.5 Å². The highest BCUT2D eigenvalue weighted by Gasteiger charge is 2.26. The van der Waals surface area contributed by atoms with Crippen molar-refractivity contribution in [2.45, 2.75) is 38.8 Å². The Morgan fingerprint density at radius 1 is 1.15 bits per heavy atom. The second-order valence-electron chi connectivity index (χ2n) is 7.05. The molecule has 0 bridgehead atoms. The summed E-state index contributed by atoms with van der Waals surface area (Å²) in [7, 11) is 0. The minimum absolute atomic E-state index is 0.00302. The summed E-state index contributed by atoms with van der Waals surface area (Å²) in [5, 5.41) is 0. The van der Waals surface area contributed by atoms with Crippen molar-refractivity contribution >= 4 is 17.1 Å². The van der Waals surface area contributed by atoms with Crippen LogP contribution in [0.5, 0.6) is 0 Å². The Kier molecular flexibility index (Phi) is 4.79. The molecule has 0 N–H and O–H groups in total. The molecular weight excluding hydrogens is 340 g/mol. The van der Waals surface area contributed by atoms with Gasteiger partial charge in [0, 0.05) is 31.7 Å². The van der Waals surface area contributed by atoms with Crippen molar-refractivity contribution in [1.82, 2.24) is 19.0 Å². The van der Waals surface area contributed by atoms with E-state index in [-0.39, 0.29) is 18.1 Å². The maximum atomic E-state index is 13.0. The molecule has 1 amide bonds. The standard InChI is InChI=1S/C21H24N4O2/c1-2-24-20-18(11-6-12-22-20)25(21(24)27)15-19(26)23-13-7-10-17(14-23)16-8-4-3-5-9-16/h3-6,8-9,11-12,17H,2,7,10,13-15H2,1H3/t17-/m1/s1. The van der Waals surface area contributed by atoms with E-state index in [2.05, 4.69) is 17.1 Å². The molecule has 6 heteroatoms. The minimum atomic E-state index is -0.170. The van der Waals surface area contributed by atoms with Gasteiger partial charge in [-0.1, -0.05) is 30.3 Å². The smallest absolute Gasteiger partial charge is 0.330 e. The van der Waals surface area contributed by atoms with Crippen molar-refractivity contribution in [1.29, 1.82) is 0 Å². The maximum absolute atomic E-state index is 13.0. The SMILES string of the molecule is CCn1c(=O)n(CC(=O)N2CCC[C@@H](c3ccccc3)C2)c2cccnc21. The van der Waals surface area contributed by atoms with Gasteiger partial charge in [-0.3, -0.25) is 13.9 Å². The van der Waals surface area contributed by atoms with Crippen molar-refractivity contribution in [2.75, 3.05) is 13.1 Å². The number of likely N-dealkylation sites (tertiary alicyclic amines) is 1. The molecule has 0 spiro atoms. The molecule has 0 unspecified atom stereocenters. The van der Waals surface area contributed by atoms with Gasteiger partial charge in [-0.25, -0.2) is 9.78 Å². The second-order valence-corrected chi connectivity index (χ2v) is 7.05. The van der Waals surface area contributed by atoms with Crippen LogP contribution >= 0.6 is 0 Å². The Labute approximate surface area is 158 Å². The summed E-state index contributed by atoms with van der Waals surface area (Å²) in [5.41, 5.74) is 2.46. The van der Waals surface area contributed by atoms with E-state index in [4.69, 9.17) is 0 Å². The van der Waals surface area contributed by atoms with Crippen molar-refractivity contribution in [2.24, 2.45) is 0 Å². The molecule has 0 saturated carbocycles. The molecule has 2 aromatic heterocycles. The van der Waals surface area contributed by atoms with Gasteiger partial charge in [0.15, 0.2) is 5.65 Å². The number of aromatic nitrogens is 3. The van der Waals surface area contributed by atoms with E-state index in [9.17, 15) is 9.59 Å². The molecule has 3 heterocycles. The number of hydrogen-bond donors (Lipinski definition) is 0. The van der Waals surface area contributed by atoms with Crippen LogP contribution in [-0.2, 0) is 17.9 Å². The fraction of sp³-hybridized carbons (Fsp3) is 0.381. The second kappa shape index (κ2) is 7.39. The maximum Gasteiger partial charge on any atom is 0.330 e. The fourth-order valence-corrected chi connectivity index (χ4v) is 4.02. The van der Waals surface area contributed by atoms with Crippen LogP contribution in [0.4, 0.5) is 0 Å². The van der Waals surface area contributed by atoms with Crippen LogP contribution in [-0.4, -0.2) is 38.0 Å². The monoisotopic (exact) mass is 364 g/mol. The number of piperidine rings is 1. The van der Waals surface area contributed by atoms with Crippen LogP contribution in [0.2, 0.25) is 0 Å². The van der Waals surface area contributed by atoms with E-state index in [1.165, 1.54) is 5.56 Å². The van der Waals surface area contributed by atoms with Crippen molar-refractivity contribution < 1.29 is 4.79 Å². The lowest BCUT2D eigenvalue weighted by atomic mass is 9.90. The molecule has 27 heavy (non-hydrogen) atoms. The zero-order chi connectivity index (χ0) is 18.8. The van der Waals surface area contributed by atoms with E-state index in [0.29, 0.717) is 30.2 Å². The van der Waals surface area contributed by atoms with E-state index >= 15 is 0 Å². The number of imidazole rings is 1. The van der Waals surface area contributed by atoms with E-state index in [0.717, 1.165) is 19.4 Å². The summed E-state index contributed by atoms with van der Waals surface area (Å²) in [5.74, 6) is 0.357. The van der Waals surface area contributed by atoms with E-state index in [1.54, 1.807) is 21.4 Å². The number of carbonyl (C=O) groups is 1. The topological polar surface area (TPSA) is 60.1 Å². The first-order valence-corrected chi connectivity index (χ1v) is 9.55. The Morgan fingerprint density at radius 2 is 1.96 bits per heavy atom. The summed E-state index contributed by atoms with van der Waals surface area (Å²) in [6.07, 6.45) is 3.75. The predicted octanol–water partition coefficient (Wildman–Crippen LogP) is 2.62. The summed E-state index contributed by atoms with van der Waals surface area (Å²) in [6.45, 7) is 3.98. The first-order chi connectivity index (χ1) is 13.2. The van der Waals surface area contributed by atoms with Gasteiger partial charge in [-0.05, 0) is 37.5 Å². The molecule has 140 valence electrons. The largest absolute Gasteiger partial charge is 0.341 e. The zero-order valence-corrected chi connectivity index (χ0v) is 15.5. The highest BCUT2D eigenvalue weighted by molar-refractivity contribution is 5.79. The number of carbonyl (C=O) groups excluding carboxylic acids is 1. The molecule has 0 aliphatic carbocycles. The van der Waals surface area contributed by atoms with Gasteiger partial charge >= 0.3 is 5.69 Å². The van der Waals surface area contributed by atoms with Gasteiger partial charge < -0.3 is 4.90 Å². The third-order valence-electron chi connectivity index (χ3n) is 5.43. The molecule has 1 atom stereocenters. The molecule has 1 saturated heterocycles. The van der Waals surface area contributed by atoms with Gasteiger partial charge in [0.25, 0.3) is 0 Å². The molecule has 1 aliphatic rings. The number of benzene rings is 1. The summed E-state index contributed by atoms with van der Waals surface area (Å²) in [4.78, 5) is 31.9. The number of nitrogens with zero attached hydrogens (tertiary/aromatic N) is 4. The zero-order valence-electron chi connectivity index (χ0n) is 15.5. The summed E-state index contributed by atoms with van der Waals surface area (Å²) in [6, 6.07) is 14.0. The first kappa shape index (κ1) is 17.5. The Bertz CT molecular complexity index is 1010. The predicted molar refractivity (Wildman–Crippen MR) is 105 cm³/mol. The van der Waals surface area contributed by atoms with Crippen LogP contribution in [0.3, 0.4) is 0 Å². The lowest BCUT2D eigenvalue weighted by Crippen LogP contribution is -2.42. The molecule has 3 aromatic rings. The molecular formula is C21H24N4O2. The minimum Gasteiger partial charge on any atom is -0.341 e. The number of aryl methyl sites for hydroxylation is 1. The third-order valence-corrected chi connectivity index (χ3v) is 5.43. The highest BCUT2D eigenvalue weighted by atomic mass is 16.2. The molecule has 1 aromatic carbocycles. The number of amides is 1. The number of pyridine rings is 1. The molecule has 0 radical (unpaired) electrons. The summed E-state index contributed by atoms with van der Waals surface area (Å²) >= 11 is 0. The van der Waals surface area contributed by atoms with Crippen LogP contribution < -0.4 is 5.69 Å². The summed E-state index contributed by atoms with van der Waals surface area (Å²) < 4.78 is 3.17. The van der Waals surface area contributed by atoms with Gasteiger partial charge in [0.05, 0.1) is 5.52 Å². The molecule has 1 aliphatic heterocycles. The quantitative estimate of drug-likeness (QED) is 0.715. The number of hydrogen-bond acceptors (Lipinski definition) is 3. The number of fused-ring (bicyclic) bond motifs is 1. The lowest BCUT2D eigenvalue weighted by molar-refractivity contribution is -0.133. The Balaban J connectivity index is 1.57. The van der Waals surface area contributed by atoms with Crippen LogP contribution in [0.1, 0.15) is 31.2 Å². The van der Waals surface area contributed by atoms with Gasteiger partial charge in [0.2, 0.25) is 5.91 Å². The number of rotatable bonds is 4. The van der Waals surface area contributed by atoms with Gasteiger partial charge in [-0.2, -0.15) is 0 Å². The molecule has 6 nitrogen and oxygen atoms in total. The average Bonchev–Trinajstić information content (AvgIpc) is 2.99. The first-order valence-electron chi connectivity index (χ1n) is 9.55. The van der Waals surface area contributed by atoms with E-state index < -0.39 is 0 Å².